The fourth-order valence-electron chi connectivity index (χ4n) is 3.30. The van der Waals surface area contributed by atoms with E-state index in [2.05, 4.69) is 5.32 Å². The van der Waals surface area contributed by atoms with Gasteiger partial charge in [-0.25, -0.2) is 4.39 Å². The summed E-state index contributed by atoms with van der Waals surface area (Å²) < 4.78 is 13.1. The molecule has 0 spiro atoms. The van der Waals surface area contributed by atoms with Gasteiger partial charge in [0.25, 0.3) is 0 Å². The maximum absolute atomic E-state index is 13.1. The summed E-state index contributed by atoms with van der Waals surface area (Å²) >= 11 is 0. The maximum Gasteiger partial charge on any atom is 0.242 e. The average molecular weight is 348 g/mol. The van der Waals surface area contributed by atoms with Crippen LogP contribution in [-0.2, 0) is 16.1 Å². The molecule has 25 heavy (non-hydrogen) atoms. The van der Waals surface area contributed by atoms with Crippen molar-refractivity contribution in [1.82, 2.24) is 10.2 Å². The zero-order chi connectivity index (χ0) is 18.2. The molecule has 1 aliphatic carbocycles. The van der Waals surface area contributed by atoms with E-state index < -0.39 is 6.04 Å². The van der Waals surface area contributed by atoms with Crippen LogP contribution in [0.15, 0.2) is 24.3 Å². The van der Waals surface area contributed by atoms with Crippen LogP contribution in [0.3, 0.4) is 0 Å². The highest BCUT2D eigenvalue weighted by Crippen LogP contribution is 2.18. The molecule has 0 radical (unpaired) electrons. The number of benzene rings is 1. The Hall–Kier alpha value is -1.91. The van der Waals surface area contributed by atoms with Gasteiger partial charge in [-0.15, -0.1) is 0 Å². The number of rotatable bonds is 7. The average Bonchev–Trinajstić information content (AvgIpc) is 2.61. The lowest BCUT2D eigenvalue weighted by molar-refractivity contribution is -0.141. The monoisotopic (exact) mass is 348 g/mol. The number of amides is 2. The summed E-state index contributed by atoms with van der Waals surface area (Å²) in [5.74, 6) is -0.449. The third kappa shape index (κ3) is 5.83. The number of hydrogen-bond acceptors (Lipinski definition) is 2. The van der Waals surface area contributed by atoms with Crippen molar-refractivity contribution in [2.24, 2.45) is 0 Å². The minimum Gasteiger partial charge on any atom is -0.352 e. The molecular weight excluding hydrogens is 319 g/mol. The molecule has 2 rings (SSSR count). The maximum atomic E-state index is 13.1. The fourth-order valence-corrected chi connectivity index (χ4v) is 3.30. The molecular formula is C20H29FN2O2. The summed E-state index contributed by atoms with van der Waals surface area (Å²) in [6.07, 6.45) is 6.69. The van der Waals surface area contributed by atoms with E-state index in [-0.39, 0.29) is 23.7 Å². The first-order valence-corrected chi connectivity index (χ1v) is 9.35. The van der Waals surface area contributed by atoms with Gasteiger partial charge in [0.05, 0.1) is 0 Å². The van der Waals surface area contributed by atoms with E-state index in [1.165, 1.54) is 18.6 Å². The van der Waals surface area contributed by atoms with E-state index in [1.807, 2.05) is 6.92 Å². The lowest BCUT2D eigenvalue weighted by atomic mass is 9.95. The zero-order valence-corrected chi connectivity index (χ0v) is 15.3. The minimum absolute atomic E-state index is 0.0434. The van der Waals surface area contributed by atoms with Crippen LogP contribution >= 0.6 is 0 Å². The van der Waals surface area contributed by atoms with E-state index >= 15 is 0 Å². The summed E-state index contributed by atoms with van der Waals surface area (Å²) in [6, 6.07) is 5.76. The van der Waals surface area contributed by atoms with Gasteiger partial charge in [-0.2, -0.15) is 0 Å². The molecule has 1 saturated carbocycles. The summed E-state index contributed by atoms with van der Waals surface area (Å²) in [5, 5.41) is 3.10. The molecule has 0 unspecified atom stereocenters. The van der Waals surface area contributed by atoms with Gasteiger partial charge < -0.3 is 10.2 Å². The first-order valence-electron chi connectivity index (χ1n) is 9.35. The topological polar surface area (TPSA) is 49.4 Å². The van der Waals surface area contributed by atoms with E-state index in [0.29, 0.717) is 13.0 Å². The van der Waals surface area contributed by atoms with Crippen molar-refractivity contribution >= 4 is 11.8 Å². The van der Waals surface area contributed by atoms with Crippen LogP contribution in [0.2, 0.25) is 0 Å². The van der Waals surface area contributed by atoms with Crippen molar-refractivity contribution in [3.05, 3.63) is 35.6 Å². The second-order valence-corrected chi connectivity index (χ2v) is 6.92. The molecule has 1 fully saturated rings. The highest BCUT2D eigenvalue weighted by molar-refractivity contribution is 5.87. The lowest BCUT2D eigenvalue weighted by Crippen LogP contribution is -2.50. The van der Waals surface area contributed by atoms with Crippen LogP contribution in [0.5, 0.6) is 0 Å². The molecule has 2 amide bonds. The standard InChI is InChI=1S/C20H29FN2O2/c1-3-7-19(24)23(14-16-10-12-17(21)13-11-16)15(2)20(25)22-18-8-5-4-6-9-18/h10-13,15,18H,3-9,14H2,1-2H3,(H,22,25)/t15-/m1/s1. The summed E-state index contributed by atoms with van der Waals surface area (Å²) in [6.45, 7) is 4.04. The molecule has 0 heterocycles. The number of nitrogens with zero attached hydrogens (tertiary/aromatic N) is 1. The Morgan fingerprint density at radius 2 is 1.84 bits per heavy atom. The first-order chi connectivity index (χ1) is 12.0. The van der Waals surface area contributed by atoms with E-state index in [4.69, 9.17) is 0 Å². The lowest BCUT2D eigenvalue weighted by Gasteiger charge is -2.31. The molecule has 0 bridgehead atoms. The number of halogens is 1. The summed E-state index contributed by atoms with van der Waals surface area (Å²) in [5.41, 5.74) is 0.822. The van der Waals surface area contributed by atoms with Gasteiger partial charge in [0.1, 0.15) is 11.9 Å². The number of carbonyl (C=O) groups is 2. The zero-order valence-electron chi connectivity index (χ0n) is 15.3. The van der Waals surface area contributed by atoms with Gasteiger partial charge in [-0.05, 0) is 43.9 Å². The predicted octanol–water partition coefficient (Wildman–Crippen LogP) is 3.79. The molecule has 1 aromatic rings. The smallest absolute Gasteiger partial charge is 0.242 e. The van der Waals surface area contributed by atoms with Crippen molar-refractivity contribution in [2.75, 3.05) is 0 Å². The predicted molar refractivity (Wildman–Crippen MR) is 96.3 cm³/mol. The van der Waals surface area contributed by atoms with Gasteiger partial charge in [0.15, 0.2) is 0 Å². The van der Waals surface area contributed by atoms with Crippen molar-refractivity contribution in [2.45, 2.75) is 77.4 Å². The van der Waals surface area contributed by atoms with E-state index in [9.17, 15) is 14.0 Å². The van der Waals surface area contributed by atoms with Gasteiger partial charge in [-0.1, -0.05) is 38.3 Å². The second-order valence-electron chi connectivity index (χ2n) is 6.92. The second kappa shape index (κ2) is 9.54. The van der Waals surface area contributed by atoms with Crippen molar-refractivity contribution < 1.29 is 14.0 Å². The largest absolute Gasteiger partial charge is 0.352 e. The van der Waals surface area contributed by atoms with Crippen LogP contribution in [0, 0.1) is 5.82 Å². The van der Waals surface area contributed by atoms with E-state index in [0.717, 1.165) is 37.7 Å². The number of carbonyl (C=O) groups excluding carboxylic acids is 2. The molecule has 0 aromatic heterocycles. The summed E-state index contributed by atoms with van der Waals surface area (Å²) in [4.78, 5) is 26.8. The third-order valence-electron chi connectivity index (χ3n) is 4.85. The first kappa shape index (κ1) is 19.4. The van der Waals surface area contributed by atoms with Gasteiger partial charge in [-0.3, -0.25) is 9.59 Å². The highest BCUT2D eigenvalue weighted by Gasteiger charge is 2.27. The molecule has 138 valence electrons. The van der Waals surface area contributed by atoms with Gasteiger partial charge >= 0.3 is 0 Å². The van der Waals surface area contributed by atoms with Crippen LogP contribution < -0.4 is 5.32 Å². The third-order valence-corrected chi connectivity index (χ3v) is 4.85. The Balaban J connectivity index is 2.05. The molecule has 1 aromatic carbocycles. The van der Waals surface area contributed by atoms with Crippen molar-refractivity contribution in [1.29, 1.82) is 0 Å². The Morgan fingerprint density at radius 1 is 1.20 bits per heavy atom. The molecule has 4 nitrogen and oxygen atoms in total. The normalized spacial score (nSPS) is 16.3. The van der Waals surface area contributed by atoms with E-state index in [1.54, 1.807) is 24.0 Å². The van der Waals surface area contributed by atoms with Crippen molar-refractivity contribution in [3.8, 4) is 0 Å². The molecule has 5 heteroatoms. The molecule has 0 saturated heterocycles. The molecule has 1 aliphatic rings. The fraction of sp³-hybridized carbons (Fsp3) is 0.600. The Bertz CT molecular complexity index is 568. The van der Waals surface area contributed by atoms with Crippen molar-refractivity contribution in [3.63, 3.8) is 0 Å². The van der Waals surface area contributed by atoms with Gasteiger partial charge in [0, 0.05) is 19.0 Å². The number of nitrogens with one attached hydrogen (secondary N) is 1. The molecule has 0 aliphatic heterocycles. The minimum atomic E-state index is -0.536. The highest BCUT2D eigenvalue weighted by atomic mass is 19.1. The van der Waals surface area contributed by atoms with Crippen LogP contribution in [0.1, 0.15) is 64.4 Å². The number of hydrogen-bond donors (Lipinski definition) is 1. The quantitative estimate of drug-likeness (QED) is 0.815. The van der Waals surface area contributed by atoms with Gasteiger partial charge in [0.2, 0.25) is 11.8 Å². The van der Waals surface area contributed by atoms with Crippen LogP contribution in [0.4, 0.5) is 4.39 Å². The van der Waals surface area contributed by atoms with Crippen LogP contribution in [-0.4, -0.2) is 28.8 Å². The Kier molecular flexibility index (Phi) is 7.41. The Morgan fingerprint density at radius 3 is 2.44 bits per heavy atom. The summed E-state index contributed by atoms with van der Waals surface area (Å²) in [7, 11) is 0. The SMILES string of the molecule is CCCC(=O)N(Cc1ccc(F)cc1)[C@H](C)C(=O)NC1CCCCC1. The van der Waals surface area contributed by atoms with Crippen LogP contribution in [0.25, 0.3) is 0 Å². The Labute approximate surface area is 149 Å². The molecule has 1 atom stereocenters. The molecule has 1 N–H and O–H groups in total.